The molecule has 6 nitrogen and oxygen atoms in total. The molecule has 0 bridgehead atoms. The quantitative estimate of drug-likeness (QED) is 0.405. The first-order valence-electron chi connectivity index (χ1n) is 9.10. The van der Waals surface area contributed by atoms with Gasteiger partial charge in [0.2, 0.25) is 0 Å². The van der Waals surface area contributed by atoms with E-state index in [1.807, 2.05) is 61.6 Å². The van der Waals surface area contributed by atoms with Gasteiger partial charge in [0, 0.05) is 38.9 Å². The summed E-state index contributed by atoms with van der Waals surface area (Å²) in [6.07, 6.45) is 3.56. The summed E-state index contributed by atoms with van der Waals surface area (Å²) in [4.78, 5) is 11.0. The zero-order valence-corrected chi connectivity index (χ0v) is 16.4. The predicted octanol–water partition coefficient (Wildman–Crippen LogP) is 2.97. The van der Waals surface area contributed by atoms with Gasteiger partial charge in [-0.05, 0) is 30.7 Å². The fourth-order valence-electron chi connectivity index (χ4n) is 2.43. The molecule has 0 spiro atoms. The molecule has 0 saturated heterocycles. The predicted molar refractivity (Wildman–Crippen MR) is 112 cm³/mol. The highest BCUT2D eigenvalue weighted by atomic mass is 16.5. The average molecular weight is 367 g/mol. The van der Waals surface area contributed by atoms with Crippen LogP contribution in [0.5, 0.6) is 5.75 Å². The highest BCUT2D eigenvalue weighted by molar-refractivity contribution is 5.79. The summed E-state index contributed by atoms with van der Waals surface area (Å²) in [5.41, 5.74) is 2.18. The van der Waals surface area contributed by atoms with Crippen LogP contribution in [0.4, 0.5) is 5.82 Å². The van der Waals surface area contributed by atoms with Gasteiger partial charge in [-0.3, -0.25) is 0 Å². The van der Waals surface area contributed by atoms with Gasteiger partial charge in [-0.1, -0.05) is 30.9 Å². The molecule has 144 valence electrons. The van der Waals surface area contributed by atoms with Crippen LogP contribution in [0.1, 0.15) is 18.1 Å². The first-order chi connectivity index (χ1) is 13.1. The summed E-state index contributed by atoms with van der Waals surface area (Å²) in [6.45, 7) is 8.23. The maximum atomic E-state index is 5.71. The van der Waals surface area contributed by atoms with Crippen LogP contribution >= 0.6 is 0 Å². The highest BCUT2D eigenvalue weighted by Crippen LogP contribution is 2.17. The molecule has 1 aromatic carbocycles. The molecule has 27 heavy (non-hydrogen) atoms. The number of hydrogen-bond acceptors (Lipinski definition) is 4. The fourth-order valence-corrected chi connectivity index (χ4v) is 2.43. The van der Waals surface area contributed by atoms with E-state index in [0.29, 0.717) is 19.7 Å². The Balaban J connectivity index is 2.04. The lowest BCUT2D eigenvalue weighted by Crippen LogP contribution is -2.36. The van der Waals surface area contributed by atoms with E-state index >= 15 is 0 Å². The van der Waals surface area contributed by atoms with Gasteiger partial charge in [0.25, 0.3) is 0 Å². The van der Waals surface area contributed by atoms with E-state index < -0.39 is 0 Å². The molecule has 2 aromatic rings. The normalized spacial score (nSPS) is 11.0. The maximum absolute atomic E-state index is 5.71. The molecule has 0 fully saturated rings. The standard InChI is InChI=1S/C21H29N5O/c1-5-13-27-19-10-8-7-9-18(19)16-25-21(22-6-2)24-15-17-11-12-23-20(14-17)26(3)4/h5,7-12,14H,1,6,13,15-16H2,2-4H3,(H2,22,24,25). The first-order valence-corrected chi connectivity index (χ1v) is 9.10. The van der Waals surface area contributed by atoms with Gasteiger partial charge in [-0.25, -0.2) is 9.98 Å². The summed E-state index contributed by atoms with van der Waals surface area (Å²) < 4.78 is 5.71. The van der Waals surface area contributed by atoms with Gasteiger partial charge >= 0.3 is 0 Å². The number of guanidine groups is 1. The summed E-state index contributed by atoms with van der Waals surface area (Å²) in [5, 5.41) is 6.65. The second-order valence-electron chi connectivity index (χ2n) is 6.17. The van der Waals surface area contributed by atoms with Crippen LogP contribution in [-0.2, 0) is 13.1 Å². The van der Waals surface area contributed by atoms with Crippen LogP contribution in [0, 0.1) is 0 Å². The number of para-hydroxylation sites is 1. The Labute approximate surface area is 162 Å². The van der Waals surface area contributed by atoms with Crippen molar-refractivity contribution in [3.05, 3.63) is 66.4 Å². The van der Waals surface area contributed by atoms with E-state index in [2.05, 4.69) is 34.1 Å². The number of nitrogens with one attached hydrogen (secondary N) is 2. The molecule has 1 aromatic heterocycles. The van der Waals surface area contributed by atoms with Gasteiger partial charge in [-0.2, -0.15) is 0 Å². The zero-order chi connectivity index (χ0) is 19.5. The van der Waals surface area contributed by atoms with Crippen LogP contribution in [0.2, 0.25) is 0 Å². The number of aromatic nitrogens is 1. The van der Waals surface area contributed by atoms with E-state index in [-0.39, 0.29) is 0 Å². The molecule has 0 amide bonds. The molecule has 0 aliphatic rings. The summed E-state index contributed by atoms with van der Waals surface area (Å²) in [7, 11) is 3.96. The molecule has 0 atom stereocenters. The smallest absolute Gasteiger partial charge is 0.191 e. The van der Waals surface area contributed by atoms with Crippen LogP contribution in [0.15, 0.2) is 60.2 Å². The van der Waals surface area contributed by atoms with Crippen molar-refractivity contribution >= 4 is 11.8 Å². The number of ether oxygens (including phenoxy) is 1. The molecule has 0 aliphatic carbocycles. The lowest BCUT2D eigenvalue weighted by atomic mass is 10.2. The largest absolute Gasteiger partial charge is 0.489 e. The SMILES string of the molecule is C=CCOc1ccccc1CNC(=NCc1ccnc(N(C)C)c1)NCC. The molecule has 2 rings (SSSR count). The molecule has 0 unspecified atom stereocenters. The Morgan fingerprint density at radius 3 is 2.81 bits per heavy atom. The highest BCUT2D eigenvalue weighted by Gasteiger charge is 2.05. The Hall–Kier alpha value is -3.02. The number of benzene rings is 1. The van der Waals surface area contributed by atoms with Crippen LogP contribution in [0.3, 0.4) is 0 Å². The number of hydrogen-bond donors (Lipinski definition) is 2. The van der Waals surface area contributed by atoms with Crippen LogP contribution in [0.25, 0.3) is 0 Å². The summed E-state index contributed by atoms with van der Waals surface area (Å²) in [6, 6.07) is 12.0. The Morgan fingerprint density at radius 2 is 2.07 bits per heavy atom. The number of aliphatic imine (C=N–C) groups is 1. The molecular formula is C21H29N5O. The van der Waals surface area contributed by atoms with Gasteiger partial charge in [0.15, 0.2) is 5.96 Å². The van der Waals surface area contributed by atoms with Gasteiger partial charge < -0.3 is 20.3 Å². The third kappa shape index (κ3) is 6.66. The monoisotopic (exact) mass is 367 g/mol. The van der Waals surface area contributed by atoms with Crippen LogP contribution < -0.4 is 20.3 Å². The number of pyridine rings is 1. The van der Waals surface area contributed by atoms with E-state index in [1.165, 1.54) is 0 Å². The van der Waals surface area contributed by atoms with E-state index in [0.717, 1.165) is 35.2 Å². The minimum absolute atomic E-state index is 0.488. The van der Waals surface area contributed by atoms with E-state index in [1.54, 1.807) is 6.08 Å². The molecular weight excluding hydrogens is 338 g/mol. The van der Waals surface area contributed by atoms with Crippen molar-refractivity contribution in [1.29, 1.82) is 0 Å². The molecule has 0 radical (unpaired) electrons. The first kappa shape index (κ1) is 20.3. The maximum Gasteiger partial charge on any atom is 0.191 e. The Morgan fingerprint density at radius 1 is 1.26 bits per heavy atom. The summed E-state index contributed by atoms with van der Waals surface area (Å²) in [5.74, 6) is 2.54. The Bertz CT molecular complexity index is 758. The molecule has 2 N–H and O–H groups in total. The lowest BCUT2D eigenvalue weighted by molar-refractivity contribution is 0.358. The van der Waals surface area contributed by atoms with Crippen molar-refractivity contribution in [3.8, 4) is 5.75 Å². The van der Waals surface area contributed by atoms with Crippen molar-refractivity contribution in [2.45, 2.75) is 20.0 Å². The third-order valence-corrected chi connectivity index (χ3v) is 3.81. The zero-order valence-electron chi connectivity index (χ0n) is 16.4. The van der Waals surface area contributed by atoms with Gasteiger partial charge in [0.05, 0.1) is 6.54 Å². The van der Waals surface area contributed by atoms with Crippen molar-refractivity contribution < 1.29 is 4.74 Å². The van der Waals surface area contributed by atoms with Gasteiger partial charge in [-0.15, -0.1) is 0 Å². The lowest BCUT2D eigenvalue weighted by Gasteiger charge is -2.14. The molecule has 0 saturated carbocycles. The molecule has 0 aliphatic heterocycles. The number of nitrogens with zero attached hydrogens (tertiary/aromatic N) is 3. The van der Waals surface area contributed by atoms with Gasteiger partial charge in [0.1, 0.15) is 18.2 Å². The third-order valence-electron chi connectivity index (χ3n) is 3.81. The van der Waals surface area contributed by atoms with Crippen LogP contribution in [-0.4, -0.2) is 38.2 Å². The fraction of sp³-hybridized carbons (Fsp3) is 0.333. The summed E-state index contributed by atoms with van der Waals surface area (Å²) >= 11 is 0. The second-order valence-corrected chi connectivity index (χ2v) is 6.17. The van der Waals surface area contributed by atoms with Crippen molar-refractivity contribution in [2.75, 3.05) is 32.1 Å². The second kappa shape index (κ2) is 10.9. The number of anilines is 1. The number of rotatable bonds is 9. The average Bonchev–Trinajstić information content (AvgIpc) is 2.69. The minimum atomic E-state index is 0.488. The topological polar surface area (TPSA) is 61.8 Å². The van der Waals surface area contributed by atoms with E-state index in [4.69, 9.17) is 4.74 Å². The van der Waals surface area contributed by atoms with Crippen molar-refractivity contribution in [1.82, 2.24) is 15.6 Å². The van der Waals surface area contributed by atoms with Crippen molar-refractivity contribution in [3.63, 3.8) is 0 Å². The van der Waals surface area contributed by atoms with Crippen molar-refractivity contribution in [2.24, 2.45) is 4.99 Å². The Kier molecular flexibility index (Phi) is 8.16. The molecule has 6 heteroatoms. The van der Waals surface area contributed by atoms with E-state index in [9.17, 15) is 0 Å². The minimum Gasteiger partial charge on any atom is -0.489 e. The molecule has 1 heterocycles.